The molecular weight excluding hydrogens is 315 g/mol. The lowest BCUT2D eigenvalue weighted by Gasteiger charge is -2.17. The van der Waals surface area contributed by atoms with E-state index in [0.29, 0.717) is 0 Å². The van der Waals surface area contributed by atoms with Crippen molar-refractivity contribution in [3.63, 3.8) is 0 Å². The van der Waals surface area contributed by atoms with E-state index in [0.717, 1.165) is 0 Å². The Morgan fingerprint density at radius 1 is 1.24 bits per heavy atom. The first-order valence-corrected chi connectivity index (χ1v) is 5.16. The molecule has 0 amide bonds. The summed E-state index contributed by atoms with van der Waals surface area (Å²) in [6.45, 7) is 0.903. The fourth-order valence-corrected chi connectivity index (χ4v) is 1.27. The molecule has 0 saturated heterocycles. The third-order valence-corrected chi connectivity index (χ3v) is 1.92. The van der Waals surface area contributed by atoms with Crippen LogP contribution in [-0.2, 0) is 10.9 Å². The number of pyridine rings is 1. The minimum Gasteiger partial charge on any atom is -0.462 e. The Morgan fingerprint density at radius 3 is 2.24 bits per heavy atom. The molecule has 0 aliphatic rings. The molecule has 0 spiro atoms. The van der Waals surface area contributed by atoms with E-state index >= 15 is 0 Å². The van der Waals surface area contributed by atoms with Crippen LogP contribution < -0.4 is 4.74 Å². The zero-order valence-electron chi connectivity index (χ0n) is 10.1. The largest absolute Gasteiger partial charge is 0.573 e. The van der Waals surface area contributed by atoms with Crippen LogP contribution in [-0.4, -0.2) is 23.9 Å². The number of halogens is 7. The van der Waals surface area contributed by atoms with Crippen LogP contribution in [0.4, 0.5) is 30.7 Å². The molecule has 1 rings (SSSR count). The number of esters is 1. The molecule has 0 N–H and O–H groups in total. The summed E-state index contributed by atoms with van der Waals surface area (Å²) in [6.07, 6.45) is -11.0. The number of ether oxygens (including phenoxy) is 2. The molecule has 1 aromatic heterocycles. The molecule has 4 nitrogen and oxygen atoms in total. The maximum absolute atomic E-state index is 13.0. The Balaban J connectivity index is 3.54. The first-order chi connectivity index (χ1) is 9.45. The van der Waals surface area contributed by atoms with Crippen LogP contribution in [0.15, 0.2) is 6.07 Å². The van der Waals surface area contributed by atoms with Crippen molar-refractivity contribution >= 4 is 5.97 Å². The standard InChI is InChI=1S/C10H6F7NO3/c1-2-20-8(19)4-3-5(11)18-7(9(12,13)14)6(4)21-10(15,16)17/h3H,2H2,1H3. The zero-order chi connectivity index (χ0) is 16.4. The number of hydrogen-bond donors (Lipinski definition) is 0. The lowest BCUT2D eigenvalue weighted by Crippen LogP contribution is -2.24. The summed E-state index contributed by atoms with van der Waals surface area (Å²) in [5.41, 5.74) is -3.68. The SMILES string of the molecule is CCOC(=O)c1cc(F)nc(C(F)(F)F)c1OC(F)(F)F. The van der Waals surface area contributed by atoms with Crippen LogP contribution in [0.1, 0.15) is 23.0 Å². The molecule has 0 bridgehead atoms. The van der Waals surface area contributed by atoms with E-state index in [1.54, 1.807) is 0 Å². The summed E-state index contributed by atoms with van der Waals surface area (Å²) in [5.74, 6) is -5.38. The normalized spacial score (nSPS) is 12.2. The molecule has 0 aliphatic carbocycles. The van der Waals surface area contributed by atoms with Gasteiger partial charge in [0.1, 0.15) is 5.56 Å². The average molecular weight is 321 g/mol. The van der Waals surface area contributed by atoms with Gasteiger partial charge in [0.15, 0.2) is 11.4 Å². The minimum atomic E-state index is -5.54. The quantitative estimate of drug-likeness (QED) is 0.487. The Hall–Kier alpha value is -2.07. The van der Waals surface area contributed by atoms with Crippen LogP contribution in [0.3, 0.4) is 0 Å². The minimum absolute atomic E-state index is 0.0638. The van der Waals surface area contributed by atoms with Gasteiger partial charge in [0.2, 0.25) is 5.95 Å². The predicted molar refractivity (Wildman–Crippen MR) is 51.8 cm³/mol. The summed E-state index contributed by atoms with van der Waals surface area (Å²) in [6, 6.07) is 0.0638. The predicted octanol–water partition coefficient (Wildman–Crippen LogP) is 3.31. The monoisotopic (exact) mass is 321 g/mol. The molecule has 0 aromatic carbocycles. The van der Waals surface area contributed by atoms with Gasteiger partial charge in [-0.1, -0.05) is 0 Å². The highest BCUT2D eigenvalue weighted by Crippen LogP contribution is 2.39. The van der Waals surface area contributed by atoms with Crippen molar-refractivity contribution in [2.75, 3.05) is 6.61 Å². The lowest BCUT2D eigenvalue weighted by molar-refractivity contribution is -0.276. The van der Waals surface area contributed by atoms with E-state index in [9.17, 15) is 35.5 Å². The van der Waals surface area contributed by atoms with E-state index in [-0.39, 0.29) is 12.7 Å². The van der Waals surface area contributed by atoms with Crippen LogP contribution in [0.5, 0.6) is 5.75 Å². The van der Waals surface area contributed by atoms with Crippen molar-refractivity contribution in [3.8, 4) is 5.75 Å². The third kappa shape index (κ3) is 4.46. The van der Waals surface area contributed by atoms with Crippen molar-refractivity contribution in [1.29, 1.82) is 0 Å². The molecule has 0 saturated carbocycles. The van der Waals surface area contributed by atoms with Gasteiger partial charge in [-0.15, -0.1) is 13.2 Å². The number of carbonyl (C=O) groups is 1. The molecule has 0 atom stereocenters. The van der Waals surface area contributed by atoms with Gasteiger partial charge in [0.25, 0.3) is 0 Å². The molecule has 11 heteroatoms. The maximum atomic E-state index is 13.0. The van der Waals surface area contributed by atoms with E-state index in [1.165, 1.54) is 6.92 Å². The maximum Gasteiger partial charge on any atom is 0.573 e. The number of carbonyl (C=O) groups excluding carboxylic acids is 1. The Morgan fingerprint density at radius 2 is 1.81 bits per heavy atom. The van der Waals surface area contributed by atoms with Gasteiger partial charge >= 0.3 is 18.5 Å². The van der Waals surface area contributed by atoms with E-state index in [4.69, 9.17) is 0 Å². The second kappa shape index (κ2) is 5.74. The molecule has 0 radical (unpaired) electrons. The smallest absolute Gasteiger partial charge is 0.462 e. The van der Waals surface area contributed by atoms with Crippen LogP contribution in [0.2, 0.25) is 0 Å². The summed E-state index contributed by atoms with van der Waals surface area (Å²) in [5, 5.41) is 0. The fraction of sp³-hybridized carbons (Fsp3) is 0.400. The summed E-state index contributed by atoms with van der Waals surface area (Å²) in [7, 11) is 0. The number of nitrogens with zero attached hydrogens (tertiary/aromatic N) is 1. The van der Waals surface area contributed by atoms with Gasteiger partial charge in [0, 0.05) is 6.07 Å². The molecule has 0 aliphatic heterocycles. The zero-order valence-corrected chi connectivity index (χ0v) is 10.1. The number of aromatic nitrogens is 1. The molecule has 1 aromatic rings. The van der Waals surface area contributed by atoms with Gasteiger partial charge in [-0.05, 0) is 6.92 Å². The van der Waals surface area contributed by atoms with Gasteiger partial charge in [-0.25, -0.2) is 9.78 Å². The molecule has 0 fully saturated rings. The third-order valence-electron chi connectivity index (χ3n) is 1.92. The lowest BCUT2D eigenvalue weighted by atomic mass is 10.2. The molecule has 1 heterocycles. The highest BCUT2D eigenvalue weighted by atomic mass is 19.4. The van der Waals surface area contributed by atoms with Crippen molar-refractivity contribution in [1.82, 2.24) is 4.98 Å². The Bertz CT molecular complexity index is 539. The van der Waals surface area contributed by atoms with E-state index in [2.05, 4.69) is 14.5 Å². The van der Waals surface area contributed by atoms with E-state index < -0.39 is 41.5 Å². The Kier molecular flexibility index (Phi) is 4.64. The van der Waals surface area contributed by atoms with Crippen molar-refractivity contribution in [2.45, 2.75) is 19.5 Å². The van der Waals surface area contributed by atoms with Gasteiger partial charge in [-0.3, -0.25) is 0 Å². The van der Waals surface area contributed by atoms with Gasteiger partial charge < -0.3 is 9.47 Å². The van der Waals surface area contributed by atoms with Crippen LogP contribution >= 0.6 is 0 Å². The summed E-state index contributed by atoms with van der Waals surface area (Å²) in [4.78, 5) is 13.7. The first kappa shape index (κ1) is 17.0. The Labute approximate surface area is 112 Å². The number of rotatable bonds is 3. The van der Waals surface area contributed by atoms with Gasteiger partial charge in [-0.2, -0.15) is 17.6 Å². The van der Waals surface area contributed by atoms with E-state index in [1.807, 2.05) is 0 Å². The highest BCUT2D eigenvalue weighted by molar-refractivity contribution is 5.92. The molecular formula is C10H6F7NO3. The van der Waals surface area contributed by atoms with Crippen molar-refractivity contribution in [3.05, 3.63) is 23.3 Å². The molecule has 118 valence electrons. The second-order valence-corrected chi connectivity index (χ2v) is 3.44. The van der Waals surface area contributed by atoms with Crippen molar-refractivity contribution < 1.29 is 45.0 Å². The van der Waals surface area contributed by atoms with Crippen LogP contribution in [0.25, 0.3) is 0 Å². The molecule has 21 heavy (non-hydrogen) atoms. The van der Waals surface area contributed by atoms with Crippen molar-refractivity contribution in [2.24, 2.45) is 0 Å². The summed E-state index contributed by atoms with van der Waals surface area (Å²) < 4.78 is 94.8. The highest BCUT2D eigenvalue weighted by Gasteiger charge is 2.44. The topological polar surface area (TPSA) is 48.4 Å². The number of hydrogen-bond acceptors (Lipinski definition) is 4. The first-order valence-electron chi connectivity index (χ1n) is 5.16. The average Bonchev–Trinajstić information content (AvgIpc) is 2.28. The fourth-order valence-electron chi connectivity index (χ4n) is 1.27. The summed E-state index contributed by atoms with van der Waals surface area (Å²) >= 11 is 0. The molecule has 0 unspecified atom stereocenters. The number of alkyl halides is 6. The van der Waals surface area contributed by atoms with Crippen LogP contribution in [0, 0.1) is 5.95 Å². The second-order valence-electron chi connectivity index (χ2n) is 3.44. The van der Waals surface area contributed by atoms with Gasteiger partial charge in [0.05, 0.1) is 6.61 Å².